The first-order valence-corrected chi connectivity index (χ1v) is 7.04. The summed E-state index contributed by atoms with van der Waals surface area (Å²) in [7, 11) is -3.13. The first-order chi connectivity index (χ1) is 7.05. The topological polar surface area (TPSA) is 81.4 Å². The smallest absolute Gasteiger partial charge is 0.212 e. The maximum Gasteiger partial charge on any atom is 0.212 e. The SMILES string of the molecule is Cl.NC1CC(NS(=O)(=O)CC2CCOC2)C1. The minimum atomic E-state index is -3.13. The predicted molar refractivity (Wildman–Crippen MR) is 64.1 cm³/mol. The molecule has 1 saturated heterocycles. The van der Waals surface area contributed by atoms with E-state index < -0.39 is 10.0 Å². The zero-order chi connectivity index (χ0) is 10.9. The van der Waals surface area contributed by atoms with E-state index in [0.717, 1.165) is 19.3 Å². The lowest BCUT2D eigenvalue weighted by Gasteiger charge is -2.32. The van der Waals surface area contributed by atoms with Crippen LogP contribution in [0, 0.1) is 5.92 Å². The Morgan fingerprint density at radius 2 is 2.06 bits per heavy atom. The van der Waals surface area contributed by atoms with E-state index in [-0.39, 0.29) is 36.2 Å². The van der Waals surface area contributed by atoms with Crippen molar-refractivity contribution in [3.63, 3.8) is 0 Å². The molecule has 16 heavy (non-hydrogen) atoms. The Morgan fingerprint density at radius 3 is 2.56 bits per heavy atom. The van der Waals surface area contributed by atoms with E-state index in [1.165, 1.54) is 0 Å². The molecule has 0 aromatic heterocycles. The molecule has 1 heterocycles. The van der Waals surface area contributed by atoms with E-state index in [4.69, 9.17) is 10.5 Å². The van der Waals surface area contributed by atoms with E-state index >= 15 is 0 Å². The Morgan fingerprint density at radius 1 is 1.38 bits per heavy atom. The van der Waals surface area contributed by atoms with Gasteiger partial charge in [-0.1, -0.05) is 0 Å². The summed E-state index contributed by atoms with van der Waals surface area (Å²) in [4.78, 5) is 0. The van der Waals surface area contributed by atoms with Crippen molar-refractivity contribution in [1.29, 1.82) is 0 Å². The molecule has 0 aromatic carbocycles. The van der Waals surface area contributed by atoms with Crippen LogP contribution < -0.4 is 10.5 Å². The van der Waals surface area contributed by atoms with Crippen molar-refractivity contribution < 1.29 is 13.2 Å². The number of nitrogens with one attached hydrogen (secondary N) is 1. The average molecular weight is 271 g/mol. The quantitative estimate of drug-likeness (QED) is 0.745. The summed E-state index contributed by atoms with van der Waals surface area (Å²) in [5, 5.41) is 0. The van der Waals surface area contributed by atoms with Gasteiger partial charge in [0.1, 0.15) is 0 Å². The van der Waals surface area contributed by atoms with Crippen molar-refractivity contribution in [3.05, 3.63) is 0 Å². The maximum absolute atomic E-state index is 11.7. The van der Waals surface area contributed by atoms with Gasteiger partial charge in [-0.2, -0.15) is 0 Å². The van der Waals surface area contributed by atoms with Crippen LogP contribution in [-0.2, 0) is 14.8 Å². The summed E-state index contributed by atoms with van der Waals surface area (Å²) in [5.41, 5.74) is 5.60. The van der Waals surface area contributed by atoms with E-state index in [9.17, 15) is 8.42 Å². The highest BCUT2D eigenvalue weighted by molar-refractivity contribution is 7.89. The van der Waals surface area contributed by atoms with Gasteiger partial charge >= 0.3 is 0 Å². The van der Waals surface area contributed by atoms with Gasteiger partial charge in [-0.15, -0.1) is 12.4 Å². The summed E-state index contributed by atoms with van der Waals surface area (Å²) in [6.45, 7) is 1.26. The molecule has 0 amide bonds. The van der Waals surface area contributed by atoms with Crippen LogP contribution in [-0.4, -0.2) is 39.5 Å². The molecule has 0 spiro atoms. The van der Waals surface area contributed by atoms with Crippen molar-refractivity contribution in [2.45, 2.75) is 31.3 Å². The molecule has 1 aliphatic heterocycles. The fourth-order valence-electron chi connectivity index (χ4n) is 2.09. The number of hydrogen-bond donors (Lipinski definition) is 2. The second-order valence-corrected chi connectivity index (χ2v) is 6.36. The van der Waals surface area contributed by atoms with Gasteiger partial charge in [0.25, 0.3) is 0 Å². The zero-order valence-corrected chi connectivity index (χ0v) is 10.7. The van der Waals surface area contributed by atoms with Gasteiger partial charge in [0.05, 0.1) is 12.4 Å². The van der Waals surface area contributed by atoms with Gasteiger partial charge < -0.3 is 10.5 Å². The highest BCUT2D eigenvalue weighted by Crippen LogP contribution is 2.20. The van der Waals surface area contributed by atoms with Crippen LogP contribution in [0.25, 0.3) is 0 Å². The third-order valence-corrected chi connectivity index (χ3v) is 4.60. The highest BCUT2D eigenvalue weighted by Gasteiger charge is 2.31. The van der Waals surface area contributed by atoms with Crippen LogP contribution in [0.3, 0.4) is 0 Å². The van der Waals surface area contributed by atoms with E-state index in [1.54, 1.807) is 0 Å². The van der Waals surface area contributed by atoms with Crippen LogP contribution in [0.1, 0.15) is 19.3 Å². The van der Waals surface area contributed by atoms with E-state index in [1.807, 2.05) is 0 Å². The molecule has 0 aromatic rings. The standard InChI is InChI=1S/C9H18N2O3S.ClH/c10-8-3-9(4-8)11-15(12,13)6-7-1-2-14-5-7;/h7-9,11H,1-6,10H2;1H. The van der Waals surface area contributed by atoms with Gasteiger partial charge in [-0.25, -0.2) is 13.1 Å². The minimum absolute atomic E-state index is 0. The maximum atomic E-state index is 11.7. The summed E-state index contributed by atoms with van der Waals surface area (Å²) in [5.74, 6) is 0.356. The van der Waals surface area contributed by atoms with Gasteiger partial charge in [-0.05, 0) is 25.2 Å². The molecule has 96 valence electrons. The minimum Gasteiger partial charge on any atom is -0.381 e. The molecule has 1 unspecified atom stereocenters. The average Bonchev–Trinajstić information content (AvgIpc) is 2.52. The van der Waals surface area contributed by atoms with Crippen molar-refractivity contribution in [1.82, 2.24) is 4.72 Å². The lowest BCUT2D eigenvalue weighted by molar-refractivity contribution is 0.188. The molecule has 3 N–H and O–H groups in total. The Bertz CT molecular complexity index is 311. The Kier molecular flexibility index (Phi) is 5.00. The Hall–Kier alpha value is 0.120. The third-order valence-electron chi connectivity index (χ3n) is 3.00. The van der Waals surface area contributed by atoms with Crippen LogP contribution in [0.15, 0.2) is 0 Å². The molecular formula is C9H19ClN2O3S. The molecule has 2 fully saturated rings. The van der Waals surface area contributed by atoms with Crippen LogP contribution in [0.5, 0.6) is 0 Å². The largest absolute Gasteiger partial charge is 0.381 e. The summed E-state index contributed by atoms with van der Waals surface area (Å²) in [6.07, 6.45) is 2.38. The Balaban J connectivity index is 0.00000128. The van der Waals surface area contributed by atoms with Crippen molar-refractivity contribution in [3.8, 4) is 0 Å². The Labute approximate surface area is 103 Å². The molecule has 2 aliphatic rings. The monoisotopic (exact) mass is 270 g/mol. The van der Waals surface area contributed by atoms with E-state index in [0.29, 0.717) is 13.2 Å². The molecule has 7 heteroatoms. The number of hydrogen-bond acceptors (Lipinski definition) is 4. The molecule has 0 bridgehead atoms. The normalized spacial score (nSPS) is 34.2. The number of nitrogens with two attached hydrogens (primary N) is 1. The molecule has 1 atom stereocenters. The van der Waals surface area contributed by atoms with Gasteiger partial charge in [0.15, 0.2) is 0 Å². The summed E-state index contributed by atoms with van der Waals surface area (Å²) >= 11 is 0. The van der Waals surface area contributed by atoms with Crippen LogP contribution in [0.2, 0.25) is 0 Å². The third kappa shape index (κ3) is 3.85. The first-order valence-electron chi connectivity index (χ1n) is 5.38. The summed E-state index contributed by atoms with van der Waals surface area (Å²) < 4.78 is 31.2. The zero-order valence-electron chi connectivity index (χ0n) is 9.09. The van der Waals surface area contributed by atoms with Crippen molar-refractivity contribution >= 4 is 22.4 Å². The van der Waals surface area contributed by atoms with E-state index in [2.05, 4.69) is 4.72 Å². The number of rotatable bonds is 4. The van der Waals surface area contributed by atoms with Crippen LogP contribution >= 0.6 is 12.4 Å². The molecule has 5 nitrogen and oxygen atoms in total. The second-order valence-electron chi connectivity index (χ2n) is 4.56. The predicted octanol–water partition coefficient (Wildman–Crippen LogP) is -0.146. The molecule has 1 saturated carbocycles. The summed E-state index contributed by atoms with van der Waals surface area (Å²) in [6, 6.07) is 0.236. The molecule has 0 radical (unpaired) electrons. The first kappa shape index (κ1) is 14.2. The number of halogens is 1. The van der Waals surface area contributed by atoms with Crippen molar-refractivity contribution in [2.75, 3.05) is 19.0 Å². The van der Waals surface area contributed by atoms with Crippen LogP contribution in [0.4, 0.5) is 0 Å². The fraction of sp³-hybridized carbons (Fsp3) is 1.00. The van der Waals surface area contributed by atoms with Gasteiger partial charge in [0, 0.05) is 18.7 Å². The lowest BCUT2D eigenvalue weighted by Crippen LogP contribution is -2.51. The number of sulfonamides is 1. The fourth-order valence-corrected chi connectivity index (χ4v) is 3.77. The number of ether oxygens (including phenoxy) is 1. The molecule has 1 aliphatic carbocycles. The highest BCUT2D eigenvalue weighted by atomic mass is 35.5. The lowest BCUT2D eigenvalue weighted by atomic mass is 9.89. The van der Waals surface area contributed by atoms with Gasteiger partial charge in [0.2, 0.25) is 10.0 Å². The molecule has 2 rings (SSSR count). The van der Waals surface area contributed by atoms with Gasteiger partial charge in [-0.3, -0.25) is 0 Å². The molecular weight excluding hydrogens is 252 g/mol. The second kappa shape index (κ2) is 5.64. The van der Waals surface area contributed by atoms with Crippen molar-refractivity contribution in [2.24, 2.45) is 11.7 Å².